The van der Waals surface area contributed by atoms with Gasteiger partial charge in [-0.15, -0.1) is 11.3 Å². The summed E-state index contributed by atoms with van der Waals surface area (Å²) in [4.78, 5) is 26.5. The maximum Gasteiger partial charge on any atom is 0.154 e. The van der Waals surface area contributed by atoms with Gasteiger partial charge in [0, 0.05) is 4.88 Å². The lowest BCUT2D eigenvalue weighted by Gasteiger charge is -2.16. The van der Waals surface area contributed by atoms with Crippen molar-refractivity contribution in [1.29, 1.82) is 0 Å². The second-order valence-corrected chi connectivity index (χ2v) is 7.05. The quantitative estimate of drug-likeness (QED) is 0.740. The minimum atomic E-state index is -0.506. The summed E-state index contributed by atoms with van der Waals surface area (Å²) in [5, 5.41) is 2.05. The number of aryl methyl sites for hydroxylation is 2. The Kier molecular flexibility index (Phi) is 2.34. The van der Waals surface area contributed by atoms with E-state index in [1.807, 2.05) is 19.2 Å². The van der Waals surface area contributed by atoms with E-state index in [0.29, 0.717) is 0 Å². The molecule has 3 nitrogen and oxygen atoms in total. The Morgan fingerprint density at radius 1 is 1.11 bits per heavy atom. The van der Waals surface area contributed by atoms with Gasteiger partial charge in [-0.2, -0.15) is 0 Å². The van der Waals surface area contributed by atoms with Gasteiger partial charge in [0.25, 0.3) is 0 Å². The molecule has 3 fully saturated rings. The Morgan fingerprint density at radius 2 is 1.68 bits per heavy atom. The van der Waals surface area contributed by atoms with Crippen molar-refractivity contribution in [1.82, 2.24) is 0 Å². The molecule has 0 N–H and O–H groups in total. The monoisotopic (exact) mass is 276 g/mol. The third kappa shape index (κ3) is 1.36. The van der Waals surface area contributed by atoms with E-state index >= 15 is 0 Å². The van der Waals surface area contributed by atoms with E-state index in [-0.39, 0.29) is 35.6 Å². The molecule has 3 aliphatic rings. The zero-order chi connectivity index (χ0) is 13.3. The minimum Gasteiger partial charge on any atom is -0.373 e. The molecule has 1 unspecified atom stereocenters. The molecule has 1 aliphatic carbocycles. The summed E-state index contributed by atoms with van der Waals surface area (Å²) in [7, 11) is 0. The molecule has 5 atom stereocenters. The summed E-state index contributed by atoms with van der Waals surface area (Å²) >= 11 is 1.63. The first-order valence-electron chi connectivity index (χ1n) is 6.87. The van der Waals surface area contributed by atoms with Crippen LogP contribution in [0.4, 0.5) is 0 Å². The molecule has 19 heavy (non-hydrogen) atoms. The molecular weight excluding hydrogens is 260 g/mol. The van der Waals surface area contributed by atoms with Crippen LogP contribution in [0.2, 0.25) is 0 Å². The number of ketones is 2. The highest BCUT2D eigenvalue weighted by atomic mass is 32.1. The first-order chi connectivity index (χ1) is 9.09. The van der Waals surface area contributed by atoms with Crippen LogP contribution in [0.25, 0.3) is 0 Å². The number of carbonyl (C=O) groups is 2. The van der Waals surface area contributed by atoms with Gasteiger partial charge in [0.2, 0.25) is 0 Å². The maximum absolute atomic E-state index is 12.7. The largest absolute Gasteiger partial charge is 0.373 e. The average molecular weight is 276 g/mol. The van der Waals surface area contributed by atoms with Gasteiger partial charge in [-0.1, -0.05) is 0 Å². The highest BCUT2D eigenvalue weighted by Gasteiger charge is 2.63. The standard InChI is InChI=1S/C15H16O3S/c1-6-5-19-7(2)10(6)13-14(16)11-8-3-4-9(18-8)12(11)15(13)17/h5,8-9,11-13H,3-4H2,1-2H3/t8-,9+,11+,12-,13?. The maximum atomic E-state index is 12.7. The van der Waals surface area contributed by atoms with Gasteiger partial charge in [0.05, 0.1) is 24.0 Å². The number of fused-ring (bicyclic) bond motifs is 5. The lowest BCUT2D eigenvalue weighted by molar-refractivity contribution is -0.127. The van der Waals surface area contributed by atoms with Gasteiger partial charge in [-0.05, 0) is 43.2 Å². The number of ether oxygens (including phenoxy) is 1. The molecule has 0 amide bonds. The molecule has 1 aromatic heterocycles. The molecule has 0 aromatic carbocycles. The highest BCUT2D eigenvalue weighted by molar-refractivity contribution is 7.10. The minimum absolute atomic E-state index is 0.00991. The van der Waals surface area contributed by atoms with Gasteiger partial charge in [0.1, 0.15) is 5.92 Å². The molecule has 2 saturated heterocycles. The SMILES string of the molecule is Cc1csc(C)c1C1C(=O)[C@@H]2[C@H](C1=O)[C@@H]1CC[C@H]2O1. The van der Waals surface area contributed by atoms with Crippen LogP contribution in [-0.4, -0.2) is 23.8 Å². The lowest BCUT2D eigenvalue weighted by atomic mass is 9.81. The van der Waals surface area contributed by atoms with Crippen LogP contribution in [0.5, 0.6) is 0 Å². The normalized spacial score (nSPS) is 40.2. The van der Waals surface area contributed by atoms with Crippen LogP contribution >= 0.6 is 11.3 Å². The summed E-state index contributed by atoms with van der Waals surface area (Å²) in [6.45, 7) is 4.01. The van der Waals surface area contributed by atoms with Gasteiger partial charge in [0.15, 0.2) is 11.6 Å². The topological polar surface area (TPSA) is 43.4 Å². The zero-order valence-corrected chi connectivity index (χ0v) is 11.8. The summed E-state index contributed by atoms with van der Waals surface area (Å²) < 4.78 is 5.77. The second-order valence-electron chi connectivity index (χ2n) is 5.97. The molecule has 4 heteroatoms. The van der Waals surface area contributed by atoms with E-state index in [9.17, 15) is 9.59 Å². The molecule has 100 valence electrons. The molecule has 0 spiro atoms. The smallest absolute Gasteiger partial charge is 0.154 e. The van der Waals surface area contributed by atoms with Crippen LogP contribution in [0.1, 0.15) is 34.8 Å². The van der Waals surface area contributed by atoms with E-state index in [1.54, 1.807) is 11.3 Å². The van der Waals surface area contributed by atoms with E-state index in [0.717, 1.165) is 28.8 Å². The summed E-state index contributed by atoms with van der Waals surface area (Å²) in [6, 6.07) is 0. The summed E-state index contributed by atoms with van der Waals surface area (Å²) in [5.74, 6) is -0.586. The number of hydrogen-bond donors (Lipinski definition) is 0. The van der Waals surface area contributed by atoms with Crippen molar-refractivity contribution < 1.29 is 14.3 Å². The van der Waals surface area contributed by atoms with E-state index in [1.165, 1.54) is 0 Å². The molecule has 4 rings (SSSR count). The van der Waals surface area contributed by atoms with Crippen LogP contribution in [0.15, 0.2) is 5.38 Å². The molecule has 3 heterocycles. The Bertz CT molecular complexity index is 541. The van der Waals surface area contributed by atoms with Gasteiger partial charge < -0.3 is 4.74 Å². The predicted molar refractivity (Wildman–Crippen MR) is 71.4 cm³/mol. The van der Waals surface area contributed by atoms with Gasteiger partial charge in [-0.25, -0.2) is 0 Å². The van der Waals surface area contributed by atoms with Crippen molar-refractivity contribution in [2.24, 2.45) is 11.8 Å². The van der Waals surface area contributed by atoms with Crippen molar-refractivity contribution in [2.75, 3.05) is 0 Å². The van der Waals surface area contributed by atoms with Crippen molar-refractivity contribution in [3.8, 4) is 0 Å². The third-order valence-electron chi connectivity index (χ3n) is 5.00. The summed E-state index contributed by atoms with van der Waals surface area (Å²) in [6.07, 6.45) is 1.91. The van der Waals surface area contributed by atoms with Crippen molar-refractivity contribution in [3.63, 3.8) is 0 Å². The van der Waals surface area contributed by atoms with E-state index in [2.05, 4.69) is 0 Å². The molecular formula is C15H16O3S. The Labute approximate surface area is 116 Å². The fraction of sp³-hybridized carbons (Fsp3) is 0.600. The summed E-state index contributed by atoms with van der Waals surface area (Å²) in [5.41, 5.74) is 2.07. The van der Waals surface area contributed by atoms with Gasteiger partial charge in [-0.3, -0.25) is 9.59 Å². The van der Waals surface area contributed by atoms with Crippen LogP contribution in [-0.2, 0) is 14.3 Å². The Morgan fingerprint density at radius 3 is 2.16 bits per heavy atom. The van der Waals surface area contributed by atoms with Crippen molar-refractivity contribution in [2.45, 2.75) is 44.8 Å². The zero-order valence-electron chi connectivity index (χ0n) is 11.0. The van der Waals surface area contributed by atoms with E-state index < -0.39 is 5.92 Å². The second kappa shape index (κ2) is 3.76. The Hall–Kier alpha value is -1.00. The van der Waals surface area contributed by atoms with Gasteiger partial charge >= 0.3 is 0 Å². The average Bonchev–Trinajstić information content (AvgIpc) is 3.10. The fourth-order valence-electron chi connectivity index (χ4n) is 4.22. The molecule has 0 radical (unpaired) electrons. The number of hydrogen-bond acceptors (Lipinski definition) is 4. The van der Waals surface area contributed by atoms with E-state index in [4.69, 9.17) is 4.74 Å². The fourth-order valence-corrected chi connectivity index (χ4v) is 5.11. The first-order valence-corrected chi connectivity index (χ1v) is 7.75. The highest BCUT2D eigenvalue weighted by Crippen LogP contribution is 2.53. The van der Waals surface area contributed by atoms with Crippen LogP contribution in [0.3, 0.4) is 0 Å². The lowest BCUT2D eigenvalue weighted by Crippen LogP contribution is -2.29. The molecule has 1 aromatic rings. The molecule has 2 bridgehead atoms. The van der Waals surface area contributed by atoms with Crippen LogP contribution in [0, 0.1) is 25.7 Å². The number of Topliss-reactive ketones (excluding diaryl/α,β-unsaturated/α-hetero) is 2. The van der Waals surface area contributed by atoms with Crippen LogP contribution < -0.4 is 0 Å². The number of carbonyl (C=O) groups excluding carboxylic acids is 2. The van der Waals surface area contributed by atoms with Crippen molar-refractivity contribution >= 4 is 22.9 Å². The first kappa shape index (κ1) is 11.8. The predicted octanol–water partition coefficient (Wildman–Crippen LogP) is 2.39. The van der Waals surface area contributed by atoms with Crippen molar-refractivity contribution in [3.05, 3.63) is 21.4 Å². The number of thiophene rings is 1. The molecule has 2 aliphatic heterocycles. The Balaban J connectivity index is 1.80. The molecule has 1 saturated carbocycles. The third-order valence-corrected chi connectivity index (χ3v) is 6.05. The number of rotatable bonds is 1.